The summed E-state index contributed by atoms with van der Waals surface area (Å²) in [7, 11) is 0. The molecule has 17 rings (SSSR count). The van der Waals surface area contributed by atoms with E-state index in [0.717, 1.165) is 201 Å². The molecule has 0 heteroatoms. The van der Waals surface area contributed by atoms with Gasteiger partial charge < -0.3 is 0 Å². The highest BCUT2D eigenvalue weighted by molar-refractivity contribution is 4.94. The Morgan fingerprint density at radius 2 is 0.257 bits per heavy atom. The Balaban J connectivity index is 0.00000162. The van der Waals surface area contributed by atoms with E-state index in [1.165, 1.54) is 424 Å². The van der Waals surface area contributed by atoms with Gasteiger partial charge in [-0.25, -0.2) is 0 Å². The zero-order chi connectivity index (χ0) is 101. The maximum atomic E-state index is 2.60. The first-order chi connectivity index (χ1) is 67.5. The lowest BCUT2D eigenvalue weighted by atomic mass is 9.59. The minimum Gasteiger partial charge on any atom is -0.0776 e. The lowest BCUT2D eigenvalue weighted by Gasteiger charge is -2.46. The van der Waals surface area contributed by atoms with Crippen molar-refractivity contribution >= 4 is 0 Å². The lowest BCUT2D eigenvalue weighted by Crippen LogP contribution is -2.37. The number of rotatable bonds is 22. The second-order valence-electron chi connectivity index (χ2n) is 58.4. The number of hydrogen-bond acceptors (Lipinski definition) is 0. The van der Waals surface area contributed by atoms with Crippen LogP contribution in [0.2, 0.25) is 0 Å². The Bertz CT molecular complexity index is 2630. The summed E-state index contributed by atoms with van der Waals surface area (Å²) in [6, 6.07) is 0. The minimum atomic E-state index is 0. The average molecular weight is 2080 g/mol. The molecule has 0 nitrogen and oxygen atoms in total. The van der Waals surface area contributed by atoms with Crippen LogP contribution in [-0.2, 0) is 0 Å². The molecule has 17 aliphatic rings. The van der Waals surface area contributed by atoms with Crippen LogP contribution in [0.4, 0.5) is 0 Å². The standard InChI is InChI=1S/C19H36.2C17H32.C16H30.C15H28.C14H26.C12H22.C12H24.C10H20.C8H16.8CH4/c1-5-15-7-11-17(12-8-15)19(3,4)18-13-9-16(6-2)10-14-18;1-13-5-9-15(10-6-13)17(3,4)16-11-7-14(2)8-12-16;1-3-14-5-9-16(10-6-14)13-17-11-7-15(4-2)8-12-17;1-3-13-5-9-15(10-6-13)16-11-7-14(4-2)8-12-16;1-12-3-7-14(8-4-12)11-15-9-5-13(2)6-10-15;1-11-3-7-13(8-4-11)14-9-5-12(2)6-10-14;1-9-3-5-12-8-10(2)4-6-11(12)7-9;1-3-5-11-7-9-12(6-4-2)10-8-11;1-3-9-5-7-10(4-2)8-6-9;1-7-3-5-8(2)6-4-7;;;;;;;;/h15-18H,5-14H2,1-4H3;13-16H,5-12H2,1-4H3;14-17H,3-13H2,1-2H3;13-16H,3-12H2,1-2H3;12-15H,3-11H2,1-2H3;11-14H,3-10H2,1-2H3;9-12H,3-8H2,1-2H3;11-12H,3-10H2,1-2H3;9-10H,3-8H2,1-2H3;7-8H,3-6H2,1-2H3;8*1H4. The first-order valence-electron chi connectivity index (χ1n) is 67.5. The van der Waals surface area contributed by atoms with Gasteiger partial charge in [0.05, 0.1) is 0 Å². The van der Waals surface area contributed by atoms with Crippen LogP contribution < -0.4 is 0 Å². The second-order valence-corrected chi connectivity index (χ2v) is 58.4. The van der Waals surface area contributed by atoms with Gasteiger partial charge in [0.2, 0.25) is 0 Å². The molecule has 17 aliphatic carbocycles. The molecule has 0 aliphatic heterocycles. The van der Waals surface area contributed by atoms with Crippen molar-refractivity contribution in [2.24, 2.45) is 212 Å². The molecule has 17 saturated carbocycles. The average Bonchev–Trinajstić information content (AvgIpc) is 0.804. The van der Waals surface area contributed by atoms with E-state index in [-0.39, 0.29) is 59.4 Å². The van der Waals surface area contributed by atoms with E-state index in [4.69, 9.17) is 0 Å². The van der Waals surface area contributed by atoms with E-state index < -0.39 is 0 Å². The van der Waals surface area contributed by atoms with Gasteiger partial charge in [0.25, 0.3) is 0 Å². The zero-order valence-corrected chi connectivity index (χ0v) is 101. The normalized spacial score (nSPS) is 37.8. The monoisotopic (exact) mass is 2080 g/mol. The fraction of sp³-hybridized carbons (Fsp3) is 1.00. The molecule has 4 unspecified atom stereocenters. The molecule has 0 radical (unpaired) electrons. The van der Waals surface area contributed by atoms with E-state index in [1.807, 2.05) is 0 Å². The molecule has 0 aromatic carbocycles. The molecule has 890 valence electrons. The van der Waals surface area contributed by atoms with Gasteiger partial charge >= 0.3 is 0 Å². The van der Waals surface area contributed by atoms with Crippen molar-refractivity contribution in [2.45, 2.75) is 739 Å². The van der Waals surface area contributed by atoms with E-state index in [2.05, 4.69) is 166 Å². The van der Waals surface area contributed by atoms with E-state index in [1.54, 1.807) is 89.9 Å². The highest BCUT2D eigenvalue weighted by Crippen LogP contribution is 2.55. The summed E-state index contributed by atoms with van der Waals surface area (Å²) in [5.41, 5.74) is 1.22. The molecule has 0 saturated heterocycles. The van der Waals surface area contributed by atoms with Crippen molar-refractivity contribution in [2.75, 3.05) is 0 Å². The molecule has 0 spiro atoms. The molecule has 0 aromatic heterocycles. The van der Waals surface area contributed by atoms with Crippen molar-refractivity contribution in [3.63, 3.8) is 0 Å². The van der Waals surface area contributed by atoms with Crippen molar-refractivity contribution in [3.8, 4) is 0 Å². The summed E-state index contributed by atoms with van der Waals surface area (Å²) in [4.78, 5) is 0. The highest BCUT2D eigenvalue weighted by Gasteiger charge is 2.43. The summed E-state index contributed by atoms with van der Waals surface area (Å²) in [6.45, 7) is 58.1. The van der Waals surface area contributed by atoms with Gasteiger partial charge in [0.15, 0.2) is 0 Å². The molecule has 0 bridgehead atoms. The Morgan fingerprint density at radius 3 is 0.446 bits per heavy atom. The van der Waals surface area contributed by atoms with Gasteiger partial charge in [-0.1, -0.05) is 598 Å². The van der Waals surface area contributed by atoms with E-state index >= 15 is 0 Å². The predicted molar refractivity (Wildman–Crippen MR) is 683 cm³/mol. The smallest absolute Gasteiger partial charge is 0.0298 e. The van der Waals surface area contributed by atoms with Crippen molar-refractivity contribution < 1.29 is 0 Å². The predicted octanol–water partition coefficient (Wildman–Crippen LogP) is 52.8. The van der Waals surface area contributed by atoms with Crippen molar-refractivity contribution in [3.05, 3.63) is 0 Å². The van der Waals surface area contributed by atoms with Crippen LogP contribution in [0.5, 0.6) is 0 Å². The largest absolute Gasteiger partial charge is 0.0776 e. The van der Waals surface area contributed by atoms with Gasteiger partial charge in [-0.3, -0.25) is 0 Å². The summed E-state index contributed by atoms with van der Waals surface area (Å²) >= 11 is 0. The maximum Gasteiger partial charge on any atom is -0.0298 e. The summed E-state index contributed by atoms with van der Waals surface area (Å²) in [6.07, 6.45) is 121. The Morgan fingerprint density at radius 1 is 0.135 bits per heavy atom. The summed E-state index contributed by atoms with van der Waals surface area (Å²) < 4.78 is 0. The van der Waals surface area contributed by atoms with Crippen molar-refractivity contribution in [1.82, 2.24) is 0 Å². The summed E-state index contributed by atoms with van der Waals surface area (Å²) in [5, 5.41) is 0. The quantitative estimate of drug-likeness (QED) is 0.101. The van der Waals surface area contributed by atoms with Gasteiger partial charge in [-0.15, -0.1) is 0 Å². The molecule has 148 heavy (non-hydrogen) atoms. The summed E-state index contributed by atoms with van der Waals surface area (Å²) in [5.74, 6) is 36.0. The molecular weight excluding hydrogens is 1780 g/mol. The molecule has 0 aromatic rings. The first-order valence-corrected chi connectivity index (χ1v) is 67.5. The molecular formula is C148H298. The second kappa shape index (κ2) is 83.3. The number of fused-ring (bicyclic) bond motifs is 1. The highest BCUT2D eigenvalue weighted by atomic mass is 14.5. The molecule has 17 fully saturated rings. The van der Waals surface area contributed by atoms with E-state index in [9.17, 15) is 0 Å². The molecule has 0 N–H and O–H groups in total. The van der Waals surface area contributed by atoms with Crippen LogP contribution >= 0.6 is 0 Å². The molecule has 4 atom stereocenters. The Kier molecular flexibility index (Phi) is 83.3. The first kappa shape index (κ1) is 148. The van der Waals surface area contributed by atoms with Crippen LogP contribution in [-0.4, -0.2) is 0 Å². The lowest BCUT2D eigenvalue weighted by molar-refractivity contribution is 0.0381. The van der Waals surface area contributed by atoms with Gasteiger partial charge in [0, 0.05) is 0 Å². The number of hydrogen-bond donors (Lipinski definition) is 0. The van der Waals surface area contributed by atoms with Gasteiger partial charge in [0.1, 0.15) is 0 Å². The fourth-order valence-electron chi connectivity index (χ4n) is 34.2. The third-order valence-electron chi connectivity index (χ3n) is 47.1. The zero-order valence-electron chi connectivity index (χ0n) is 101. The Labute approximate surface area is 944 Å². The van der Waals surface area contributed by atoms with Gasteiger partial charge in [-0.05, 0) is 353 Å². The Hall–Kier alpha value is 0. The van der Waals surface area contributed by atoms with Crippen LogP contribution in [0.1, 0.15) is 739 Å². The van der Waals surface area contributed by atoms with Crippen LogP contribution in [0.25, 0.3) is 0 Å². The molecule has 0 amide bonds. The van der Waals surface area contributed by atoms with Crippen LogP contribution in [0.15, 0.2) is 0 Å². The van der Waals surface area contributed by atoms with E-state index in [0.29, 0.717) is 10.8 Å². The van der Waals surface area contributed by atoms with Crippen molar-refractivity contribution in [1.29, 1.82) is 0 Å². The van der Waals surface area contributed by atoms with Crippen LogP contribution in [0.3, 0.4) is 0 Å². The van der Waals surface area contributed by atoms with Crippen LogP contribution in [0, 0.1) is 212 Å². The topological polar surface area (TPSA) is 0 Å². The maximum absolute atomic E-state index is 2.60. The minimum absolute atomic E-state index is 0. The molecule has 0 heterocycles. The third kappa shape index (κ3) is 56.1. The fourth-order valence-corrected chi connectivity index (χ4v) is 34.2. The SMILES string of the molecule is C.C.C.C.C.C.C.C.CC1CCC(C(C)(C)C2CCC(C)CC2)CC1.CC1CCC(C)CC1.CC1CCC(C2CCC(C)CC2)CC1.CC1CCC(CC2CCC(C)CC2)CC1.CC1CCC2CC(C)CCC2C1.CCC1CCC(C(C)(C)C2CCC(CC)CC2)CC1.CCC1CCC(C2CCC(CC)CC2)CC1.CCC1CCC(CC)CC1.CCC1CCC(CC2CCC(CC)CC2)CC1.CCCC1CCC(CCC)CC1. The van der Waals surface area contributed by atoms with Gasteiger partial charge in [-0.2, -0.15) is 0 Å². The third-order valence-corrected chi connectivity index (χ3v) is 47.1.